The number of halogens is 3. The van der Waals surface area contributed by atoms with Crippen LogP contribution in [0.2, 0.25) is 0 Å². The molecule has 1 rings (SSSR count). The summed E-state index contributed by atoms with van der Waals surface area (Å²) >= 11 is 2.83. The molecule has 0 spiro atoms. The molecule has 0 aliphatic heterocycles. The van der Waals surface area contributed by atoms with E-state index in [0.717, 1.165) is 6.07 Å². The van der Waals surface area contributed by atoms with Crippen molar-refractivity contribution < 1.29 is 23.2 Å². The Balaban J connectivity index is 3.41. The maximum absolute atomic E-state index is 12.4. The van der Waals surface area contributed by atoms with Crippen molar-refractivity contribution in [3.63, 3.8) is 0 Å². The molecule has 1 heterocycles. The van der Waals surface area contributed by atoms with E-state index < -0.39 is 34.4 Å². The number of aromatic nitrogens is 1. The average molecular weight is 325 g/mol. The van der Waals surface area contributed by atoms with Crippen molar-refractivity contribution in [1.29, 1.82) is 0 Å². The van der Waals surface area contributed by atoms with Crippen LogP contribution >= 0.6 is 15.9 Å². The van der Waals surface area contributed by atoms with E-state index in [1.54, 1.807) is 0 Å². The highest BCUT2D eigenvalue weighted by molar-refractivity contribution is 9.10. The van der Waals surface area contributed by atoms with Crippen LogP contribution in [0.15, 0.2) is 10.5 Å². The number of alkyl halides is 2. The highest BCUT2D eigenvalue weighted by atomic mass is 79.9. The van der Waals surface area contributed by atoms with Gasteiger partial charge in [-0.2, -0.15) is 0 Å². The molecule has 1 aromatic heterocycles. The third-order valence-corrected chi connectivity index (χ3v) is 2.47. The fourth-order valence-corrected chi connectivity index (χ4v) is 1.73. The lowest BCUT2D eigenvalue weighted by Gasteiger charge is -2.05. The average Bonchev–Trinajstić information content (AvgIpc) is 2.27. The predicted octanol–water partition coefficient (Wildman–Crippen LogP) is 2.87. The van der Waals surface area contributed by atoms with Gasteiger partial charge in [0.05, 0.1) is 6.61 Å². The van der Waals surface area contributed by atoms with E-state index >= 15 is 0 Å². The molecule has 9 heteroatoms. The Labute approximate surface area is 108 Å². The van der Waals surface area contributed by atoms with Crippen LogP contribution in [-0.2, 0) is 4.74 Å². The first-order chi connectivity index (χ1) is 8.38. The van der Waals surface area contributed by atoms with E-state index in [4.69, 9.17) is 0 Å². The summed E-state index contributed by atoms with van der Waals surface area (Å²) in [6.45, 7) is 1.51. The van der Waals surface area contributed by atoms with Gasteiger partial charge in [0, 0.05) is 10.5 Å². The molecule has 0 aliphatic rings. The Hall–Kier alpha value is -1.64. The summed E-state index contributed by atoms with van der Waals surface area (Å²) in [4.78, 5) is 24.4. The normalized spacial score (nSPS) is 10.5. The fourth-order valence-electron chi connectivity index (χ4n) is 1.16. The maximum Gasteiger partial charge on any atom is 0.379 e. The van der Waals surface area contributed by atoms with Crippen molar-refractivity contribution in [2.45, 2.75) is 13.3 Å². The van der Waals surface area contributed by atoms with E-state index in [1.807, 2.05) is 0 Å². The molecular formula is C9H7BrF2N2O4. The van der Waals surface area contributed by atoms with Gasteiger partial charge in [0.25, 0.3) is 0 Å². The van der Waals surface area contributed by atoms with E-state index in [2.05, 4.69) is 25.7 Å². The minimum Gasteiger partial charge on any atom is -0.462 e. The number of carbonyl (C=O) groups excluding carboxylic acids is 1. The third kappa shape index (κ3) is 2.97. The summed E-state index contributed by atoms with van der Waals surface area (Å²) in [7, 11) is 0. The summed E-state index contributed by atoms with van der Waals surface area (Å²) in [5, 5.41) is 10.7. The topological polar surface area (TPSA) is 82.3 Å². The zero-order valence-electron chi connectivity index (χ0n) is 9.02. The molecule has 18 heavy (non-hydrogen) atoms. The van der Waals surface area contributed by atoms with Gasteiger partial charge in [-0.05, 0) is 32.8 Å². The van der Waals surface area contributed by atoms with Crippen LogP contribution in [0, 0.1) is 10.1 Å². The zero-order chi connectivity index (χ0) is 13.9. The molecule has 0 fully saturated rings. The lowest BCUT2D eigenvalue weighted by atomic mass is 10.2. The van der Waals surface area contributed by atoms with Crippen LogP contribution in [0.5, 0.6) is 0 Å². The fraction of sp³-hybridized carbons (Fsp3) is 0.333. The molecule has 0 saturated heterocycles. The highest BCUT2D eigenvalue weighted by Gasteiger charge is 2.30. The molecule has 0 unspecified atom stereocenters. The van der Waals surface area contributed by atoms with Crippen molar-refractivity contribution >= 4 is 27.7 Å². The lowest BCUT2D eigenvalue weighted by Crippen LogP contribution is -2.11. The molecular weight excluding hydrogens is 318 g/mol. The van der Waals surface area contributed by atoms with Gasteiger partial charge in [-0.1, -0.05) is 0 Å². The third-order valence-electron chi connectivity index (χ3n) is 1.85. The number of nitro groups is 1. The summed E-state index contributed by atoms with van der Waals surface area (Å²) < 4.78 is 29.3. The first-order valence-corrected chi connectivity index (χ1v) is 5.47. The van der Waals surface area contributed by atoms with E-state index in [0.29, 0.717) is 0 Å². The molecule has 0 N–H and O–H groups in total. The van der Waals surface area contributed by atoms with Crippen LogP contribution in [0.3, 0.4) is 0 Å². The second kappa shape index (κ2) is 5.80. The molecule has 0 atom stereocenters. The van der Waals surface area contributed by atoms with Crippen LogP contribution in [0.4, 0.5) is 14.6 Å². The van der Waals surface area contributed by atoms with Crippen LogP contribution < -0.4 is 0 Å². The minimum atomic E-state index is -2.98. The Morgan fingerprint density at radius 2 is 2.28 bits per heavy atom. The number of carbonyl (C=O) groups is 1. The predicted molar refractivity (Wildman–Crippen MR) is 59.5 cm³/mol. The van der Waals surface area contributed by atoms with Gasteiger partial charge < -0.3 is 14.9 Å². The monoisotopic (exact) mass is 324 g/mol. The standard InChI is InChI=1S/C9H7BrF2N2O4/c1-2-18-9(15)6-4(10)3-5(7(11)12)13-8(6)14(16)17/h3,7H,2H2,1H3. The largest absolute Gasteiger partial charge is 0.462 e. The summed E-state index contributed by atoms with van der Waals surface area (Å²) in [6, 6.07) is 0.851. The number of nitrogens with zero attached hydrogens (tertiary/aromatic N) is 2. The minimum absolute atomic E-state index is 0.000966. The number of hydrogen-bond donors (Lipinski definition) is 0. The molecule has 0 bridgehead atoms. The smallest absolute Gasteiger partial charge is 0.379 e. The van der Waals surface area contributed by atoms with E-state index in [-0.39, 0.29) is 11.1 Å². The second-order valence-electron chi connectivity index (χ2n) is 3.01. The molecule has 1 aromatic rings. The molecule has 0 radical (unpaired) electrons. The quantitative estimate of drug-likeness (QED) is 0.483. The molecule has 98 valence electrons. The van der Waals surface area contributed by atoms with Crippen molar-refractivity contribution in [2.24, 2.45) is 0 Å². The number of pyridine rings is 1. The first-order valence-electron chi connectivity index (χ1n) is 4.68. The number of rotatable bonds is 4. The Morgan fingerprint density at radius 3 is 2.72 bits per heavy atom. The van der Waals surface area contributed by atoms with Gasteiger partial charge in [-0.15, -0.1) is 0 Å². The Kier molecular flexibility index (Phi) is 4.65. The second-order valence-corrected chi connectivity index (χ2v) is 3.86. The SMILES string of the molecule is CCOC(=O)c1c(Br)cc(C(F)F)nc1[N+](=O)[O-]. The van der Waals surface area contributed by atoms with Crippen molar-refractivity contribution in [3.8, 4) is 0 Å². The van der Waals surface area contributed by atoms with Gasteiger partial charge in [-0.3, -0.25) is 0 Å². The van der Waals surface area contributed by atoms with Crippen molar-refractivity contribution in [1.82, 2.24) is 4.98 Å². The molecule has 0 amide bonds. The number of ether oxygens (including phenoxy) is 1. The molecule has 0 saturated carbocycles. The summed E-state index contributed by atoms with van der Waals surface area (Å²) in [6.07, 6.45) is -2.98. The number of hydrogen-bond acceptors (Lipinski definition) is 5. The van der Waals surface area contributed by atoms with E-state index in [9.17, 15) is 23.7 Å². The number of esters is 1. The first kappa shape index (κ1) is 14.4. The molecule has 0 aromatic carbocycles. The van der Waals surface area contributed by atoms with Crippen molar-refractivity contribution in [2.75, 3.05) is 6.61 Å². The van der Waals surface area contributed by atoms with Gasteiger partial charge in [0.15, 0.2) is 5.56 Å². The Bertz CT molecular complexity index is 496. The van der Waals surface area contributed by atoms with E-state index in [1.165, 1.54) is 6.92 Å². The summed E-state index contributed by atoms with van der Waals surface area (Å²) in [5.41, 5.74) is -1.27. The van der Waals surface area contributed by atoms with Gasteiger partial charge in [0.1, 0.15) is 0 Å². The molecule has 0 aliphatic carbocycles. The van der Waals surface area contributed by atoms with Gasteiger partial charge in [-0.25, -0.2) is 13.6 Å². The van der Waals surface area contributed by atoms with Gasteiger partial charge in [0.2, 0.25) is 5.69 Å². The summed E-state index contributed by atoms with van der Waals surface area (Å²) in [5.74, 6) is -1.96. The molecule has 6 nitrogen and oxygen atoms in total. The van der Waals surface area contributed by atoms with Gasteiger partial charge >= 0.3 is 18.2 Å². The zero-order valence-corrected chi connectivity index (χ0v) is 10.6. The maximum atomic E-state index is 12.4. The van der Waals surface area contributed by atoms with Crippen LogP contribution in [-0.4, -0.2) is 22.5 Å². The van der Waals surface area contributed by atoms with Crippen LogP contribution in [0.25, 0.3) is 0 Å². The highest BCUT2D eigenvalue weighted by Crippen LogP contribution is 2.30. The lowest BCUT2D eigenvalue weighted by molar-refractivity contribution is -0.390. The Morgan fingerprint density at radius 1 is 1.67 bits per heavy atom. The van der Waals surface area contributed by atoms with Crippen molar-refractivity contribution in [3.05, 3.63) is 31.9 Å². The van der Waals surface area contributed by atoms with Crippen LogP contribution in [0.1, 0.15) is 29.4 Å².